The Labute approximate surface area is 155 Å². The molecule has 5 nitrogen and oxygen atoms in total. The number of pyridine rings is 1. The quantitative estimate of drug-likeness (QED) is 0.475. The van der Waals surface area contributed by atoms with Crippen LogP contribution in [0.1, 0.15) is 0 Å². The molecule has 3 aromatic heterocycles. The fourth-order valence-electron chi connectivity index (χ4n) is 3.32. The van der Waals surface area contributed by atoms with Crippen LogP contribution in [0.3, 0.4) is 0 Å². The van der Waals surface area contributed by atoms with Crippen LogP contribution in [0.15, 0.2) is 79.0 Å². The van der Waals surface area contributed by atoms with E-state index in [2.05, 4.69) is 22.2 Å². The second-order valence-corrected chi connectivity index (χ2v) is 6.20. The Morgan fingerprint density at radius 1 is 0.889 bits per heavy atom. The third kappa shape index (κ3) is 2.52. The summed E-state index contributed by atoms with van der Waals surface area (Å²) in [5, 5.41) is 5.61. The molecule has 5 heteroatoms. The lowest BCUT2D eigenvalue weighted by atomic mass is 10.1. The van der Waals surface area contributed by atoms with Crippen LogP contribution in [0.25, 0.3) is 39.2 Å². The van der Waals surface area contributed by atoms with E-state index in [1.165, 1.54) is 0 Å². The van der Waals surface area contributed by atoms with Crippen LogP contribution in [0.4, 0.5) is 0 Å². The van der Waals surface area contributed by atoms with Crippen molar-refractivity contribution in [3.63, 3.8) is 0 Å². The van der Waals surface area contributed by atoms with Crippen LogP contribution >= 0.6 is 0 Å². The van der Waals surface area contributed by atoms with Crippen molar-refractivity contribution in [3.8, 4) is 28.3 Å². The second kappa shape index (κ2) is 6.21. The summed E-state index contributed by atoms with van der Waals surface area (Å²) < 4.78 is 7.44. The van der Waals surface area contributed by atoms with Gasteiger partial charge in [-0.25, -0.2) is 14.5 Å². The summed E-state index contributed by atoms with van der Waals surface area (Å²) in [6.45, 7) is 0. The van der Waals surface area contributed by atoms with Crippen molar-refractivity contribution in [2.45, 2.75) is 0 Å². The Hall–Kier alpha value is -3.73. The van der Waals surface area contributed by atoms with Gasteiger partial charge in [0, 0.05) is 17.3 Å². The summed E-state index contributed by atoms with van der Waals surface area (Å²) in [4.78, 5) is 9.29. The van der Waals surface area contributed by atoms with Crippen LogP contribution < -0.4 is 4.74 Å². The van der Waals surface area contributed by atoms with Crippen molar-refractivity contribution in [2.24, 2.45) is 0 Å². The first-order valence-electron chi connectivity index (χ1n) is 8.68. The van der Waals surface area contributed by atoms with Crippen molar-refractivity contribution in [1.82, 2.24) is 19.6 Å². The van der Waals surface area contributed by atoms with Crippen LogP contribution in [-0.4, -0.2) is 26.7 Å². The van der Waals surface area contributed by atoms with Crippen molar-refractivity contribution >= 4 is 16.7 Å². The van der Waals surface area contributed by atoms with E-state index < -0.39 is 0 Å². The molecular formula is C22H16N4O. The largest absolute Gasteiger partial charge is 0.496 e. The number of aromatic nitrogens is 4. The molecule has 0 bridgehead atoms. The number of rotatable bonds is 3. The number of hydrogen-bond acceptors (Lipinski definition) is 4. The molecular weight excluding hydrogens is 336 g/mol. The normalized spacial score (nSPS) is 11.1. The molecule has 0 aliphatic carbocycles. The molecule has 3 heterocycles. The lowest BCUT2D eigenvalue weighted by molar-refractivity contribution is 0.416. The standard InChI is InChI=1S/C22H16N4O/c1-27-20-12-6-5-10-16(20)19-14-18(15-8-3-2-4-9-15)24-22-17-11-7-13-23-21(17)25-26(19)22/h2-14H,1H3. The predicted molar refractivity (Wildman–Crippen MR) is 106 cm³/mol. The number of fused-ring (bicyclic) bond motifs is 3. The molecule has 0 amide bonds. The topological polar surface area (TPSA) is 52.3 Å². The van der Waals surface area contributed by atoms with Gasteiger partial charge in [0.15, 0.2) is 11.3 Å². The highest BCUT2D eigenvalue weighted by Gasteiger charge is 2.16. The van der Waals surface area contributed by atoms with E-state index in [-0.39, 0.29) is 0 Å². The third-order valence-corrected chi connectivity index (χ3v) is 4.60. The third-order valence-electron chi connectivity index (χ3n) is 4.60. The second-order valence-electron chi connectivity index (χ2n) is 6.20. The average Bonchev–Trinajstić information content (AvgIpc) is 3.12. The molecule has 0 radical (unpaired) electrons. The minimum atomic E-state index is 0.673. The highest BCUT2D eigenvalue weighted by atomic mass is 16.5. The molecule has 0 spiro atoms. The maximum atomic E-state index is 5.59. The van der Waals surface area contributed by atoms with Crippen molar-refractivity contribution in [2.75, 3.05) is 7.11 Å². The number of hydrogen-bond donors (Lipinski definition) is 0. The number of benzene rings is 2. The summed E-state index contributed by atoms with van der Waals surface area (Å²) in [6.07, 6.45) is 1.75. The Kier molecular flexibility index (Phi) is 3.57. The molecule has 0 unspecified atom stereocenters. The van der Waals surface area contributed by atoms with Gasteiger partial charge in [-0.3, -0.25) is 0 Å². The first-order chi connectivity index (χ1) is 13.3. The molecule has 0 saturated heterocycles. The molecule has 0 fully saturated rings. The van der Waals surface area contributed by atoms with Crippen LogP contribution in [0, 0.1) is 0 Å². The highest BCUT2D eigenvalue weighted by Crippen LogP contribution is 2.33. The van der Waals surface area contributed by atoms with E-state index in [1.54, 1.807) is 13.3 Å². The molecule has 0 aliphatic rings. The van der Waals surface area contributed by atoms with E-state index in [4.69, 9.17) is 9.72 Å². The number of para-hydroxylation sites is 1. The zero-order valence-electron chi connectivity index (χ0n) is 14.7. The van der Waals surface area contributed by atoms with Gasteiger partial charge in [0.2, 0.25) is 0 Å². The number of ether oxygens (including phenoxy) is 1. The first-order valence-corrected chi connectivity index (χ1v) is 8.68. The van der Waals surface area contributed by atoms with Gasteiger partial charge < -0.3 is 4.74 Å². The van der Waals surface area contributed by atoms with E-state index >= 15 is 0 Å². The van der Waals surface area contributed by atoms with Gasteiger partial charge in [0.25, 0.3) is 0 Å². The minimum absolute atomic E-state index is 0.673. The highest BCUT2D eigenvalue weighted by molar-refractivity contribution is 5.92. The monoisotopic (exact) mass is 352 g/mol. The predicted octanol–water partition coefficient (Wildman–Crippen LogP) is 4.62. The van der Waals surface area contributed by atoms with E-state index in [9.17, 15) is 0 Å². The Morgan fingerprint density at radius 3 is 2.56 bits per heavy atom. The molecule has 0 saturated carbocycles. The van der Waals surface area contributed by atoms with Gasteiger partial charge in [0.05, 0.1) is 23.9 Å². The maximum absolute atomic E-state index is 5.59. The smallest absolute Gasteiger partial charge is 0.183 e. The zero-order chi connectivity index (χ0) is 18.2. The SMILES string of the molecule is COc1ccccc1-c1cc(-c2ccccc2)nc2c3cccnc3nn12. The van der Waals surface area contributed by atoms with Crippen molar-refractivity contribution in [3.05, 3.63) is 79.0 Å². The zero-order valence-corrected chi connectivity index (χ0v) is 14.7. The minimum Gasteiger partial charge on any atom is -0.496 e. The molecule has 5 rings (SSSR count). The summed E-state index contributed by atoms with van der Waals surface area (Å²) in [5.41, 5.74) is 5.25. The molecule has 27 heavy (non-hydrogen) atoms. The fraction of sp³-hybridized carbons (Fsp3) is 0.0455. The average molecular weight is 352 g/mol. The maximum Gasteiger partial charge on any atom is 0.183 e. The summed E-state index contributed by atoms with van der Waals surface area (Å²) in [7, 11) is 1.68. The molecule has 130 valence electrons. The van der Waals surface area contributed by atoms with Crippen molar-refractivity contribution in [1.29, 1.82) is 0 Å². The lowest BCUT2D eigenvalue weighted by Crippen LogP contribution is -2.00. The van der Waals surface area contributed by atoms with Crippen LogP contribution in [-0.2, 0) is 0 Å². The van der Waals surface area contributed by atoms with Crippen molar-refractivity contribution < 1.29 is 4.74 Å². The van der Waals surface area contributed by atoms with Gasteiger partial charge in [-0.15, -0.1) is 5.10 Å². The summed E-state index contributed by atoms with van der Waals surface area (Å²) in [5.74, 6) is 0.788. The van der Waals surface area contributed by atoms with Gasteiger partial charge in [0.1, 0.15) is 5.75 Å². The van der Waals surface area contributed by atoms with Gasteiger partial charge in [-0.2, -0.15) is 0 Å². The fourth-order valence-corrected chi connectivity index (χ4v) is 3.32. The van der Waals surface area contributed by atoms with Gasteiger partial charge in [-0.1, -0.05) is 42.5 Å². The Bertz CT molecular complexity index is 1260. The Morgan fingerprint density at radius 2 is 1.70 bits per heavy atom. The number of methoxy groups -OCH3 is 1. The van der Waals surface area contributed by atoms with Gasteiger partial charge in [-0.05, 0) is 30.3 Å². The van der Waals surface area contributed by atoms with Gasteiger partial charge >= 0.3 is 0 Å². The van der Waals surface area contributed by atoms with Crippen LogP contribution in [0.2, 0.25) is 0 Å². The molecule has 5 aromatic rings. The lowest BCUT2D eigenvalue weighted by Gasteiger charge is -2.12. The van der Waals surface area contributed by atoms with Crippen LogP contribution in [0.5, 0.6) is 5.75 Å². The van der Waals surface area contributed by atoms with E-state index in [1.807, 2.05) is 65.2 Å². The summed E-state index contributed by atoms with van der Waals surface area (Å²) >= 11 is 0. The summed E-state index contributed by atoms with van der Waals surface area (Å²) in [6, 6.07) is 24.0. The Balaban J connectivity index is 1.90. The molecule has 0 atom stereocenters. The number of nitrogens with zero attached hydrogens (tertiary/aromatic N) is 4. The molecule has 2 aromatic carbocycles. The van der Waals surface area contributed by atoms with E-state index in [0.29, 0.717) is 5.65 Å². The molecule has 0 aliphatic heterocycles. The first kappa shape index (κ1) is 15.5. The van der Waals surface area contributed by atoms with E-state index in [0.717, 1.165) is 39.3 Å². The molecule has 0 N–H and O–H groups in total.